The first kappa shape index (κ1) is 17.8. The van der Waals surface area contributed by atoms with Gasteiger partial charge in [0.05, 0.1) is 11.5 Å². The second-order valence-electron chi connectivity index (χ2n) is 6.14. The van der Waals surface area contributed by atoms with Gasteiger partial charge in [0.25, 0.3) is 0 Å². The van der Waals surface area contributed by atoms with Crippen LogP contribution >= 0.6 is 0 Å². The summed E-state index contributed by atoms with van der Waals surface area (Å²) in [5.74, 6) is -1.09. The number of nitrogens with one attached hydrogen (secondary N) is 2. The van der Waals surface area contributed by atoms with Crippen LogP contribution in [-0.4, -0.2) is 42.4 Å². The van der Waals surface area contributed by atoms with Crippen LogP contribution in [0, 0.1) is 5.92 Å². The van der Waals surface area contributed by atoms with Gasteiger partial charge in [0.1, 0.15) is 0 Å². The van der Waals surface area contributed by atoms with E-state index in [1.807, 2.05) is 6.92 Å². The number of ether oxygens (including phenoxy) is 1. The second-order valence-corrected chi connectivity index (χ2v) is 6.14. The number of methoxy groups -OCH3 is 1. The van der Waals surface area contributed by atoms with Crippen molar-refractivity contribution >= 4 is 12.0 Å². The first-order valence-corrected chi connectivity index (χ1v) is 7.71. The first-order valence-electron chi connectivity index (χ1n) is 7.71. The summed E-state index contributed by atoms with van der Waals surface area (Å²) in [6, 6.07) is -0.150. The molecule has 1 saturated carbocycles. The summed E-state index contributed by atoms with van der Waals surface area (Å²) >= 11 is 0. The summed E-state index contributed by atoms with van der Waals surface area (Å²) in [7, 11) is 1.69. The third-order valence-electron chi connectivity index (χ3n) is 4.34. The Bertz CT molecular complexity index is 350. The molecule has 0 heterocycles. The average molecular weight is 300 g/mol. The van der Waals surface area contributed by atoms with Gasteiger partial charge in [0.15, 0.2) is 0 Å². The van der Waals surface area contributed by atoms with Gasteiger partial charge >= 0.3 is 12.0 Å². The smallest absolute Gasteiger partial charge is 0.315 e. The predicted octanol–water partition coefficient (Wildman–Crippen LogP) is 2.13. The third-order valence-corrected chi connectivity index (χ3v) is 4.34. The molecule has 122 valence electrons. The maximum Gasteiger partial charge on any atom is 0.315 e. The lowest BCUT2D eigenvalue weighted by molar-refractivity contribution is -0.141. The van der Waals surface area contributed by atoms with Crippen molar-refractivity contribution in [3.63, 3.8) is 0 Å². The number of carboxylic acid groups (broad SMARTS) is 1. The third kappa shape index (κ3) is 5.91. The lowest BCUT2D eigenvalue weighted by Crippen LogP contribution is -2.52. The molecule has 0 aromatic heterocycles. The van der Waals surface area contributed by atoms with Gasteiger partial charge in [-0.05, 0) is 39.0 Å². The Hall–Kier alpha value is -1.30. The van der Waals surface area contributed by atoms with Crippen molar-refractivity contribution in [3.8, 4) is 0 Å². The van der Waals surface area contributed by atoms with Gasteiger partial charge in [-0.2, -0.15) is 0 Å². The quantitative estimate of drug-likeness (QED) is 0.609. The van der Waals surface area contributed by atoms with E-state index in [-0.39, 0.29) is 23.6 Å². The molecule has 0 aliphatic heterocycles. The number of carbonyl (C=O) groups is 2. The molecule has 0 spiro atoms. The maximum absolute atomic E-state index is 11.8. The minimum Gasteiger partial charge on any atom is -0.481 e. The van der Waals surface area contributed by atoms with E-state index in [2.05, 4.69) is 10.6 Å². The lowest BCUT2D eigenvalue weighted by atomic mass is 9.80. The summed E-state index contributed by atoms with van der Waals surface area (Å²) in [6.07, 6.45) is 5.33. The standard InChI is InChI=1S/C15H28N2O4/c1-11(13(18)19)6-4-7-12(2)17-14(20)16-10-15(21-3)8-5-9-15/h11-12H,4-10H2,1-3H3,(H,18,19)(H2,16,17,20). The fourth-order valence-electron chi connectivity index (χ4n) is 2.47. The van der Waals surface area contributed by atoms with Gasteiger partial charge in [-0.15, -0.1) is 0 Å². The van der Waals surface area contributed by atoms with Crippen LogP contribution in [0.4, 0.5) is 4.79 Å². The molecular weight excluding hydrogens is 272 g/mol. The topological polar surface area (TPSA) is 87.7 Å². The average Bonchev–Trinajstić information content (AvgIpc) is 2.37. The molecule has 0 bridgehead atoms. The van der Waals surface area contributed by atoms with Gasteiger partial charge in [-0.1, -0.05) is 13.3 Å². The van der Waals surface area contributed by atoms with Crippen molar-refractivity contribution in [2.24, 2.45) is 5.92 Å². The van der Waals surface area contributed by atoms with E-state index in [1.165, 1.54) is 0 Å². The summed E-state index contributed by atoms with van der Waals surface area (Å²) in [4.78, 5) is 22.5. The molecule has 3 N–H and O–H groups in total. The van der Waals surface area contributed by atoms with E-state index in [4.69, 9.17) is 9.84 Å². The highest BCUT2D eigenvalue weighted by Crippen LogP contribution is 2.34. The molecule has 21 heavy (non-hydrogen) atoms. The van der Waals surface area contributed by atoms with Gasteiger partial charge in [-0.25, -0.2) is 4.79 Å². The van der Waals surface area contributed by atoms with Gasteiger partial charge in [0.2, 0.25) is 0 Å². The zero-order valence-electron chi connectivity index (χ0n) is 13.3. The molecule has 2 atom stereocenters. The number of carbonyl (C=O) groups excluding carboxylic acids is 1. The van der Waals surface area contributed by atoms with Crippen LogP contribution in [0.2, 0.25) is 0 Å². The number of rotatable bonds is 9. The molecule has 6 heteroatoms. The van der Waals surface area contributed by atoms with Crippen molar-refractivity contribution in [3.05, 3.63) is 0 Å². The maximum atomic E-state index is 11.8. The molecule has 2 unspecified atom stereocenters. The van der Waals surface area contributed by atoms with E-state index in [1.54, 1.807) is 14.0 Å². The van der Waals surface area contributed by atoms with Crippen molar-refractivity contribution in [2.45, 2.75) is 64.0 Å². The molecule has 0 aromatic carbocycles. The Morgan fingerprint density at radius 2 is 1.95 bits per heavy atom. The molecule has 1 rings (SSSR count). The molecular formula is C15H28N2O4. The van der Waals surface area contributed by atoms with E-state index < -0.39 is 5.97 Å². The predicted molar refractivity (Wildman–Crippen MR) is 80.2 cm³/mol. The minimum atomic E-state index is -0.765. The fraction of sp³-hybridized carbons (Fsp3) is 0.867. The van der Waals surface area contributed by atoms with Crippen LogP contribution in [-0.2, 0) is 9.53 Å². The van der Waals surface area contributed by atoms with Gasteiger partial charge in [-0.3, -0.25) is 4.79 Å². The molecule has 6 nitrogen and oxygen atoms in total. The number of aliphatic carboxylic acids is 1. The monoisotopic (exact) mass is 300 g/mol. The summed E-state index contributed by atoms with van der Waals surface area (Å²) < 4.78 is 5.44. The van der Waals surface area contributed by atoms with Gasteiger partial charge in [0, 0.05) is 19.7 Å². The largest absolute Gasteiger partial charge is 0.481 e. The van der Waals surface area contributed by atoms with Crippen molar-refractivity contribution in [2.75, 3.05) is 13.7 Å². The molecule has 0 saturated heterocycles. The lowest BCUT2D eigenvalue weighted by Gasteiger charge is -2.40. The van der Waals surface area contributed by atoms with E-state index in [0.29, 0.717) is 13.0 Å². The van der Waals surface area contributed by atoms with Crippen LogP contribution in [0.15, 0.2) is 0 Å². The Morgan fingerprint density at radius 1 is 1.29 bits per heavy atom. The van der Waals surface area contributed by atoms with E-state index in [9.17, 15) is 9.59 Å². The van der Waals surface area contributed by atoms with Crippen LogP contribution in [0.5, 0.6) is 0 Å². The van der Waals surface area contributed by atoms with Crippen LogP contribution < -0.4 is 10.6 Å². The van der Waals surface area contributed by atoms with Crippen LogP contribution in [0.3, 0.4) is 0 Å². The van der Waals surface area contributed by atoms with Crippen molar-refractivity contribution in [1.29, 1.82) is 0 Å². The molecule has 0 radical (unpaired) electrons. The van der Waals surface area contributed by atoms with Crippen LogP contribution in [0.25, 0.3) is 0 Å². The second kappa shape index (κ2) is 8.22. The number of hydrogen-bond acceptors (Lipinski definition) is 3. The molecule has 1 aliphatic carbocycles. The molecule has 1 fully saturated rings. The number of hydrogen-bond donors (Lipinski definition) is 3. The van der Waals surface area contributed by atoms with E-state index in [0.717, 1.165) is 32.1 Å². The molecule has 0 aromatic rings. The van der Waals surface area contributed by atoms with Gasteiger partial charge < -0.3 is 20.5 Å². The zero-order chi connectivity index (χ0) is 15.9. The number of amides is 2. The normalized spacial score (nSPS) is 19.2. The van der Waals surface area contributed by atoms with Crippen molar-refractivity contribution in [1.82, 2.24) is 10.6 Å². The summed E-state index contributed by atoms with van der Waals surface area (Å²) in [6.45, 7) is 4.18. The van der Waals surface area contributed by atoms with Crippen molar-refractivity contribution < 1.29 is 19.4 Å². The number of urea groups is 1. The Labute approximate surface area is 126 Å². The fourth-order valence-corrected chi connectivity index (χ4v) is 2.47. The Balaban J connectivity index is 2.14. The highest BCUT2D eigenvalue weighted by atomic mass is 16.5. The minimum absolute atomic E-state index is 0.0332. The Kier molecular flexibility index (Phi) is 6.95. The highest BCUT2D eigenvalue weighted by molar-refractivity contribution is 5.74. The SMILES string of the molecule is COC1(CNC(=O)NC(C)CCCC(C)C(=O)O)CCC1. The number of carboxylic acids is 1. The van der Waals surface area contributed by atoms with Crippen LogP contribution in [0.1, 0.15) is 52.4 Å². The summed E-state index contributed by atoms with van der Waals surface area (Å²) in [5.41, 5.74) is -0.169. The van der Waals surface area contributed by atoms with E-state index >= 15 is 0 Å². The zero-order valence-corrected chi connectivity index (χ0v) is 13.3. The first-order chi connectivity index (χ1) is 9.88. The Morgan fingerprint density at radius 3 is 2.43 bits per heavy atom. The molecule has 2 amide bonds. The summed E-state index contributed by atoms with van der Waals surface area (Å²) in [5, 5.41) is 14.5. The molecule has 1 aliphatic rings. The highest BCUT2D eigenvalue weighted by Gasteiger charge is 2.37.